The number of halogens is 2. The average molecular weight is 472 g/mol. The Morgan fingerprint density at radius 2 is 1.94 bits per heavy atom. The molecule has 34 heavy (non-hydrogen) atoms. The van der Waals surface area contributed by atoms with E-state index >= 15 is 0 Å². The Kier molecular flexibility index (Phi) is 6.07. The van der Waals surface area contributed by atoms with Crippen molar-refractivity contribution in [2.45, 2.75) is 46.1 Å². The van der Waals surface area contributed by atoms with Crippen molar-refractivity contribution in [1.82, 2.24) is 34.4 Å². The summed E-state index contributed by atoms with van der Waals surface area (Å²) in [5, 5.41) is 6.73. The van der Waals surface area contributed by atoms with Crippen LogP contribution in [0.4, 0.5) is 20.5 Å². The van der Waals surface area contributed by atoms with E-state index in [4.69, 9.17) is 11.5 Å². The second-order valence-corrected chi connectivity index (χ2v) is 8.57. The largest absolute Gasteiger partial charge is 0.382 e. The first-order valence-corrected chi connectivity index (χ1v) is 10.9. The second-order valence-electron chi connectivity index (χ2n) is 8.57. The van der Waals surface area contributed by atoms with Crippen LogP contribution in [-0.2, 0) is 11.3 Å². The van der Waals surface area contributed by atoms with Gasteiger partial charge in [0, 0.05) is 24.2 Å². The van der Waals surface area contributed by atoms with Gasteiger partial charge in [-0.2, -0.15) is 4.98 Å². The van der Waals surface area contributed by atoms with Crippen LogP contribution in [0.3, 0.4) is 0 Å². The van der Waals surface area contributed by atoms with Gasteiger partial charge >= 0.3 is 0 Å². The fraction of sp³-hybridized carbons (Fsp3) is 0.409. The van der Waals surface area contributed by atoms with Gasteiger partial charge in [-0.1, -0.05) is 13.3 Å². The number of aryl methyl sites for hydroxylation is 1. The second kappa shape index (κ2) is 8.84. The number of amides is 1. The number of aromatic nitrogens is 6. The zero-order chi connectivity index (χ0) is 24.6. The van der Waals surface area contributed by atoms with Crippen LogP contribution in [0, 0.1) is 12.3 Å². The van der Waals surface area contributed by atoms with Crippen LogP contribution in [-0.4, -0.2) is 48.5 Å². The molecule has 5 rings (SSSR count). The average Bonchev–Trinajstić information content (AvgIpc) is 3.32. The van der Waals surface area contributed by atoms with E-state index < -0.39 is 13.0 Å². The number of imidazole rings is 1. The summed E-state index contributed by atoms with van der Waals surface area (Å²) < 4.78 is 28.6. The van der Waals surface area contributed by atoms with Gasteiger partial charge in [-0.25, -0.2) is 23.3 Å². The fourth-order valence-electron chi connectivity index (χ4n) is 4.13. The van der Waals surface area contributed by atoms with Crippen molar-refractivity contribution in [2.24, 2.45) is 5.41 Å². The number of carbonyl (C=O) groups is 1. The number of hydrogen-bond donors (Lipinski definition) is 3. The number of nitrogens with one attached hydrogen (secondary N) is 1. The first kappa shape index (κ1) is 23.3. The first-order chi connectivity index (χ1) is 16.1. The van der Waals surface area contributed by atoms with Gasteiger partial charge in [-0.05, 0) is 38.0 Å². The van der Waals surface area contributed by atoms with Crippen LogP contribution in [0.1, 0.15) is 32.0 Å². The third-order valence-corrected chi connectivity index (χ3v) is 6.17. The number of alkyl halides is 2. The van der Waals surface area contributed by atoms with E-state index in [0.717, 1.165) is 12.8 Å². The predicted octanol–water partition coefficient (Wildman–Crippen LogP) is 2.80. The third-order valence-electron chi connectivity index (χ3n) is 6.17. The molecule has 180 valence electrons. The SMILES string of the molecule is CNC(=O)C1(C)CCC1.Cc1nc2ccc(-c3ccn4nc(N)nc(N)c34)nc2n1CC(F)F. The molecule has 12 heteroatoms. The molecule has 0 atom stereocenters. The minimum atomic E-state index is -2.50. The van der Waals surface area contributed by atoms with Gasteiger partial charge in [-0.15, -0.1) is 5.10 Å². The van der Waals surface area contributed by atoms with Crippen molar-refractivity contribution in [3.63, 3.8) is 0 Å². The van der Waals surface area contributed by atoms with Crippen molar-refractivity contribution in [3.8, 4) is 11.3 Å². The summed E-state index contributed by atoms with van der Waals surface area (Å²) in [7, 11) is 1.70. The fourth-order valence-corrected chi connectivity index (χ4v) is 4.13. The number of fused-ring (bicyclic) bond motifs is 2. The highest BCUT2D eigenvalue weighted by atomic mass is 19.3. The summed E-state index contributed by atoms with van der Waals surface area (Å²) in [4.78, 5) is 23.8. The van der Waals surface area contributed by atoms with Crippen LogP contribution in [0.5, 0.6) is 0 Å². The van der Waals surface area contributed by atoms with Gasteiger partial charge in [0.05, 0.1) is 12.2 Å². The smallest absolute Gasteiger partial charge is 0.256 e. The van der Waals surface area contributed by atoms with Crippen LogP contribution in [0.2, 0.25) is 0 Å². The summed E-state index contributed by atoms with van der Waals surface area (Å²) in [6, 6.07) is 5.27. The van der Waals surface area contributed by atoms with Crippen molar-refractivity contribution < 1.29 is 13.6 Å². The lowest BCUT2D eigenvalue weighted by molar-refractivity contribution is -0.133. The topological polar surface area (TPSA) is 142 Å². The molecule has 1 saturated carbocycles. The van der Waals surface area contributed by atoms with Crippen molar-refractivity contribution >= 4 is 34.4 Å². The Hall–Kier alpha value is -3.83. The van der Waals surface area contributed by atoms with E-state index in [-0.39, 0.29) is 23.1 Å². The molecule has 0 unspecified atom stereocenters. The number of nitrogens with two attached hydrogens (primary N) is 2. The number of pyridine rings is 1. The molecule has 0 spiro atoms. The highest BCUT2D eigenvalue weighted by molar-refractivity contribution is 5.88. The molecule has 0 aliphatic heterocycles. The van der Waals surface area contributed by atoms with Crippen molar-refractivity contribution in [1.29, 1.82) is 0 Å². The molecular formula is C22H27F2N9O. The van der Waals surface area contributed by atoms with Crippen LogP contribution in [0.25, 0.3) is 27.9 Å². The number of nitrogen functional groups attached to an aromatic ring is 2. The van der Waals surface area contributed by atoms with Gasteiger partial charge < -0.3 is 21.4 Å². The minimum Gasteiger partial charge on any atom is -0.382 e. The number of rotatable bonds is 4. The summed E-state index contributed by atoms with van der Waals surface area (Å²) in [6.07, 6.45) is 2.53. The van der Waals surface area contributed by atoms with Crippen molar-refractivity contribution in [3.05, 3.63) is 30.2 Å². The Labute approximate surface area is 194 Å². The monoisotopic (exact) mass is 471 g/mol. The molecule has 5 N–H and O–H groups in total. The third kappa shape index (κ3) is 4.22. The zero-order valence-corrected chi connectivity index (χ0v) is 19.2. The minimum absolute atomic E-state index is 0.0191. The van der Waals surface area contributed by atoms with E-state index in [1.54, 1.807) is 38.4 Å². The molecule has 4 aromatic heterocycles. The normalized spacial score (nSPS) is 14.6. The lowest BCUT2D eigenvalue weighted by Gasteiger charge is -2.35. The highest BCUT2D eigenvalue weighted by Crippen LogP contribution is 2.40. The molecule has 0 saturated heterocycles. The molecule has 1 fully saturated rings. The summed E-state index contributed by atoms with van der Waals surface area (Å²) in [6.45, 7) is 3.23. The Morgan fingerprint density at radius 3 is 2.53 bits per heavy atom. The van der Waals surface area contributed by atoms with E-state index in [0.29, 0.717) is 33.8 Å². The zero-order valence-electron chi connectivity index (χ0n) is 19.2. The molecule has 10 nitrogen and oxygen atoms in total. The standard InChI is InChI=1S/C15H14F2N8.C7H13NO/c1-7-20-10-3-2-9(21-14(10)24(7)6-11(16)17)8-4-5-25-12(8)13(18)22-15(19)23-25;1-7(4-3-5-7)6(9)8-2/h2-5,11H,6H2,1H3,(H4,18,19,22,23);3-5H2,1-2H3,(H,8,9). The number of nitrogens with zero attached hydrogens (tertiary/aromatic N) is 6. The molecule has 0 aromatic carbocycles. The number of carbonyl (C=O) groups excluding carboxylic acids is 1. The van der Waals surface area contributed by atoms with Gasteiger partial charge in [0.25, 0.3) is 6.43 Å². The Morgan fingerprint density at radius 1 is 1.21 bits per heavy atom. The summed E-state index contributed by atoms with van der Waals surface area (Å²) in [5.41, 5.74) is 14.3. The van der Waals surface area contributed by atoms with Gasteiger partial charge in [0.15, 0.2) is 11.5 Å². The maximum Gasteiger partial charge on any atom is 0.256 e. The molecular weight excluding hydrogens is 444 g/mol. The maximum atomic E-state index is 12.9. The molecule has 4 heterocycles. The lowest BCUT2D eigenvalue weighted by atomic mass is 9.70. The summed E-state index contributed by atoms with van der Waals surface area (Å²) >= 11 is 0. The lowest BCUT2D eigenvalue weighted by Crippen LogP contribution is -2.41. The van der Waals surface area contributed by atoms with E-state index in [9.17, 15) is 13.6 Å². The number of hydrogen-bond acceptors (Lipinski definition) is 7. The Balaban J connectivity index is 0.000000257. The quantitative estimate of drug-likeness (QED) is 0.415. The number of anilines is 2. The van der Waals surface area contributed by atoms with E-state index in [1.165, 1.54) is 15.5 Å². The van der Waals surface area contributed by atoms with Crippen LogP contribution in [0.15, 0.2) is 24.4 Å². The molecule has 1 aliphatic carbocycles. The summed E-state index contributed by atoms with van der Waals surface area (Å²) in [5.74, 6) is 0.957. The molecule has 4 aromatic rings. The van der Waals surface area contributed by atoms with Gasteiger partial charge in [-0.3, -0.25) is 4.79 Å². The van der Waals surface area contributed by atoms with E-state index in [2.05, 4.69) is 25.4 Å². The molecule has 1 aliphatic rings. The first-order valence-electron chi connectivity index (χ1n) is 10.9. The van der Waals surface area contributed by atoms with Crippen LogP contribution >= 0.6 is 0 Å². The van der Waals surface area contributed by atoms with E-state index in [1.807, 2.05) is 6.92 Å². The highest BCUT2D eigenvalue weighted by Gasteiger charge is 2.38. The molecule has 0 bridgehead atoms. The van der Waals surface area contributed by atoms with Crippen LogP contribution < -0.4 is 16.8 Å². The predicted molar refractivity (Wildman–Crippen MR) is 125 cm³/mol. The molecule has 1 amide bonds. The molecule has 0 radical (unpaired) electrons. The van der Waals surface area contributed by atoms with Gasteiger partial charge in [0.1, 0.15) is 16.9 Å². The van der Waals surface area contributed by atoms with Crippen molar-refractivity contribution in [2.75, 3.05) is 18.5 Å². The maximum absolute atomic E-state index is 12.9. The van der Waals surface area contributed by atoms with Gasteiger partial charge in [0.2, 0.25) is 11.9 Å². The Bertz CT molecular complexity index is 1360.